The van der Waals surface area contributed by atoms with Crippen LogP contribution in [0, 0.1) is 0 Å². The summed E-state index contributed by atoms with van der Waals surface area (Å²) in [5.74, 6) is 0.614. The fraction of sp³-hybridized carbons (Fsp3) is 0.857. The number of nitrogens with zero attached hydrogens (tertiary/aromatic N) is 3. The summed E-state index contributed by atoms with van der Waals surface area (Å²) in [6.45, 7) is 7.85. The smallest absolute Gasteiger partial charge is 0.318 e. The van der Waals surface area contributed by atoms with Gasteiger partial charge in [0, 0.05) is 24.7 Å². The van der Waals surface area contributed by atoms with Crippen LogP contribution in [-0.2, 0) is 6.54 Å². The zero-order chi connectivity index (χ0) is 14.6. The van der Waals surface area contributed by atoms with Gasteiger partial charge in [0.25, 0.3) is 0 Å². The maximum Gasteiger partial charge on any atom is 0.318 e. The predicted octanol–water partition coefficient (Wildman–Crippen LogP) is 1.70. The van der Waals surface area contributed by atoms with Crippen molar-refractivity contribution in [3.05, 3.63) is 5.89 Å². The first-order valence-corrected chi connectivity index (χ1v) is 7.44. The Kier molecular flexibility index (Phi) is 4.99. The molecular formula is C14H26N4O2. The zero-order valence-electron chi connectivity index (χ0n) is 12.7. The second-order valence-corrected chi connectivity index (χ2v) is 6.44. The standard InChI is InChI=1S/C14H26N4O2/c1-14(2,3)15-10-12-16-17-13(20-12)18(8-5-9-19)11-6-4-7-11/h11,15,19H,4-10H2,1-3H3. The topological polar surface area (TPSA) is 74.4 Å². The number of aliphatic hydroxyl groups is 1. The van der Waals surface area contributed by atoms with Crippen LogP contribution in [0.15, 0.2) is 4.42 Å². The molecule has 1 saturated carbocycles. The van der Waals surface area contributed by atoms with Gasteiger partial charge in [0.15, 0.2) is 0 Å². The van der Waals surface area contributed by atoms with Crippen LogP contribution in [0.1, 0.15) is 52.3 Å². The average molecular weight is 282 g/mol. The number of rotatable bonds is 7. The summed E-state index contributed by atoms with van der Waals surface area (Å²) in [5.41, 5.74) is 0.0270. The molecule has 1 aromatic heterocycles. The number of nitrogens with one attached hydrogen (secondary N) is 1. The number of hydrogen-bond donors (Lipinski definition) is 2. The molecule has 2 N–H and O–H groups in total. The Labute approximate surface area is 120 Å². The summed E-state index contributed by atoms with van der Waals surface area (Å²) in [6, 6.07) is 1.08. The van der Waals surface area contributed by atoms with Crippen molar-refractivity contribution in [2.45, 2.75) is 64.6 Å². The van der Waals surface area contributed by atoms with E-state index in [4.69, 9.17) is 9.52 Å². The van der Waals surface area contributed by atoms with E-state index in [1.165, 1.54) is 19.3 Å². The van der Waals surface area contributed by atoms with Gasteiger partial charge in [-0.15, -0.1) is 5.10 Å². The highest BCUT2D eigenvalue weighted by Crippen LogP contribution is 2.28. The molecule has 0 saturated heterocycles. The van der Waals surface area contributed by atoms with E-state index in [-0.39, 0.29) is 12.1 Å². The summed E-state index contributed by atoms with van der Waals surface area (Å²) >= 11 is 0. The van der Waals surface area contributed by atoms with Gasteiger partial charge in [-0.3, -0.25) is 0 Å². The van der Waals surface area contributed by atoms with Crippen molar-refractivity contribution in [3.63, 3.8) is 0 Å². The summed E-state index contributed by atoms with van der Waals surface area (Å²) in [4.78, 5) is 2.15. The first-order valence-electron chi connectivity index (χ1n) is 7.44. The highest BCUT2D eigenvalue weighted by molar-refractivity contribution is 5.27. The lowest BCUT2D eigenvalue weighted by Gasteiger charge is -2.36. The van der Waals surface area contributed by atoms with Crippen molar-refractivity contribution in [1.82, 2.24) is 15.5 Å². The van der Waals surface area contributed by atoms with Crippen LogP contribution in [-0.4, -0.2) is 40.0 Å². The minimum Gasteiger partial charge on any atom is -0.407 e. The van der Waals surface area contributed by atoms with Gasteiger partial charge in [0.2, 0.25) is 5.89 Å². The summed E-state index contributed by atoms with van der Waals surface area (Å²) in [6.07, 6.45) is 4.33. The van der Waals surface area contributed by atoms with E-state index in [0.717, 1.165) is 13.0 Å². The lowest BCUT2D eigenvalue weighted by Crippen LogP contribution is -2.41. The molecule has 0 amide bonds. The molecule has 6 heteroatoms. The molecule has 0 bridgehead atoms. The second-order valence-electron chi connectivity index (χ2n) is 6.44. The van der Waals surface area contributed by atoms with E-state index in [2.05, 4.69) is 41.2 Å². The molecule has 0 aliphatic heterocycles. The molecule has 20 heavy (non-hydrogen) atoms. The molecule has 1 aliphatic carbocycles. The second kappa shape index (κ2) is 6.54. The first-order chi connectivity index (χ1) is 9.49. The van der Waals surface area contributed by atoms with Gasteiger partial charge in [-0.05, 0) is 46.5 Å². The third-order valence-corrected chi connectivity index (χ3v) is 3.54. The average Bonchev–Trinajstić information content (AvgIpc) is 2.77. The van der Waals surface area contributed by atoms with Gasteiger partial charge in [0.1, 0.15) is 0 Å². The van der Waals surface area contributed by atoms with Crippen molar-refractivity contribution in [1.29, 1.82) is 0 Å². The molecule has 0 unspecified atom stereocenters. The van der Waals surface area contributed by atoms with Crippen LogP contribution in [0.5, 0.6) is 0 Å². The first kappa shape index (κ1) is 15.3. The van der Waals surface area contributed by atoms with Crippen LogP contribution in [0.25, 0.3) is 0 Å². The van der Waals surface area contributed by atoms with Crippen LogP contribution in [0.3, 0.4) is 0 Å². The molecular weight excluding hydrogens is 256 g/mol. The van der Waals surface area contributed by atoms with Gasteiger partial charge in [-0.2, -0.15) is 0 Å². The molecule has 114 valence electrons. The van der Waals surface area contributed by atoms with Crippen LogP contribution in [0.2, 0.25) is 0 Å². The third-order valence-electron chi connectivity index (χ3n) is 3.54. The molecule has 6 nitrogen and oxygen atoms in total. The Hall–Kier alpha value is -1.14. The molecule has 0 spiro atoms. The molecule has 0 aromatic carbocycles. The Morgan fingerprint density at radius 3 is 2.65 bits per heavy atom. The molecule has 0 radical (unpaired) electrons. The van der Waals surface area contributed by atoms with E-state index in [1.54, 1.807) is 0 Å². The Bertz CT molecular complexity index is 410. The molecule has 1 heterocycles. The third kappa shape index (κ3) is 4.18. The van der Waals surface area contributed by atoms with Crippen molar-refractivity contribution < 1.29 is 9.52 Å². The maximum atomic E-state index is 9.01. The molecule has 1 fully saturated rings. The minimum atomic E-state index is 0.0270. The van der Waals surface area contributed by atoms with Gasteiger partial charge < -0.3 is 19.7 Å². The molecule has 2 rings (SSSR count). The summed E-state index contributed by atoms with van der Waals surface area (Å²) in [7, 11) is 0. The molecule has 1 aromatic rings. The normalized spacial score (nSPS) is 16.2. The van der Waals surface area contributed by atoms with Crippen LogP contribution in [0.4, 0.5) is 6.01 Å². The summed E-state index contributed by atoms with van der Waals surface area (Å²) < 4.78 is 5.75. The fourth-order valence-electron chi connectivity index (χ4n) is 2.15. The van der Waals surface area contributed by atoms with E-state index in [9.17, 15) is 0 Å². The van der Waals surface area contributed by atoms with Gasteiger partial charge >= 0.3 is 6.01 Å². The summed E-state index contributed by atoms with van der Waals surface area (Å²) in [5, 5.41) is 20.6. The van der Waals surface area contributed by atoms with Crippen molar-refractivity contribution in [3.8, 4) is 0 Å². The highest BCUT2D eigenvalue weighted by Gasteiger charge is 2.28. The Balaban J connectivity index is 1.96. The Morgan fingerprint density at radius 2 is 2.10 bits per heavy atom. The van der Waals surface area contributed by atoms with Crippen LogP contribution >= 0.6 is 0 Å². The van der Waals surface area contributed by atoms with E-state index in [0.29, 0.717) is 24.5 Å². The highest BCUT2D eigenvalue weighted by atomic mass is 16.4. The van der Waals surface area contributed by atoms with Gasteiger partial charge in [-0.1, -0.05) is 5.10 Å². The van der Waals surface area contributed by atoms with Crippen molar-refractivity contribution >= 4 is 6.01 Å². The lowest BCUT2D eigenvalue weighted by molar-refractivity contribution is 0.279. The number of aromatic nitrogens is 2. The SMILES string of the molecule is CC(C)(C)NCc1nnc(N(CCCO)C2CCC2)o1. The van der Waals surface area contributed by atoms with Gasteiger partial charge in [-0.25, -0.2) is 0 Å². The van der Waals surface area contributed by atoms with Gasteiger partial charge in [0.05, 0.1) is 6.54 Å². The number of anilines is 1. The van der Waals surface area contributed by atoms with Crippen LogP contribution < -0.4 is 10.2 Å². The lowest BCUT2D eigenvalue weighted by atomic mass is 9.91. The number of aliphatic hydroxyl groups excluding tert-OH is 1. The van der Waals surface area contributed by atoms with E-state index < -0.39 is 0 Å². The monoisotopic (exact) mass is 282 g/mol. The maximum absolute atomic E-state index is 9.01. The minimum absolute atomic E-state index is 0.0270. The van der Waals surface area contributed by atoms with Crippen molar-refractivity contribution in [2.75, 3.05) is 18.1 Å². The number of hydrogen-bond acceptors (Lipinski definition) is 6. The van der Waals surface area contributed by atoms with Crippen molar-refractivity contribution in [2.24, 2.45) is 0 Å². The van der Waals surface area contributed by atoms with E-state index >= 15 is 0 Å². The quantitative estimate of drug-likeness (QED) is 0.793. The fourth-order valence-corrected chi connectivity index (χ4v) is 2.15. The predicted molar refractivity (Wildman–Crippen MR) is 77.6 cm³/mol. The largest absolute Gasteiger partial charge is 0.407 e. The molecule has 0 atom stereocenters. The molecule has 1 aliphatic rings. The zero-order valence-corrected chi connectivity index (χ0v) is 12.7. The van der Waals surface area contributed by atoms with E-state index in [1.807, 2.05) is 0 Å². The Morgan fingerprint density at radius 1 is 1.35 bits per heavy atom.